The van der Waals surface area contributed by atoms with Crippen molar-refractivity contribution >= 4 is 32.6 Å². The van der Waals surface area contributed by atoms with Crippen molar-refractivity contribution in [1.29, 1.82) is 0 Å². The summed E-state index contributed by atoms with van der Waals surface area (Å²) in [5.74, 6) is 1.69. The Balaban J connectivity index is -0.0000000457. The van der Waals surface area contributed by atoms with Crippen molar-refractivity contribution in [2.24, 2.45) is 11.8 Å². The van der Waals surface area contributed by atoms with Crippen LogP contribution in [-0.4, -0.2) is 32.6 Å². The molecule has 0 aliphatic rings. The molecule has 2 nitrogen and oxygen atoms in total. The molecular formula is C8H18Al2O2. The average Bonchev–Trinajstić information content (AvgIpc) is 1.89. The summed E-state index contributed by atoms with van der Waals surface area (Å²) < 4.78 is 0. The maximum Gasteiger partial charge on any atom is -2.00 e. The Bertz CT molecular complexity index is 51.0. The first-order valence-electron chi connectivity index (χ1n) is 3.94. The molecule has 0 bridgehead atoms. The number of hydrogen-bond donors (Lipinski definition) is 0. The van der Waals surface area contributed by atoms with Gasteiger partial charge in [0.05, 0.1) is 0 Å². The van der Waals surface area contributed by atoms with Crippen LogP contribution in [0.15, 0.2) is 0 Å². The quantitative estimate of drug-likeness (QED) is 0.614. The predicted molar refractivity (Wildman–Crippen MR) is 52.2 cm³/mol. The van der Waals surface area contributed by atoms with Crippen LogP contribution in [0.25, 0.3) is 0 Å². The molecule has 0 aliphatic heterocycles. The van der Waals surface area contributed by atoms with Gasteiger partial charge in [-0.1, -0.05) is 0 Å². The standard InChI is InChI=1S/2C4H9.2Al.2O/c2*1-4(2)3;;;;/h2*4H,1H2,2-3H3;;;;/q;;2*+2;2*-2. The van der Waals surface area contributed by atoms with E-state index in [1.807, 2.05) is 0 Å². The first kappa shape index (κ1) is 23.1. The molecule has 0 saturated heterocycles. The zero-order valence-electron chi connectivity index (χ0n) is 8.54. The van der Waals surface area contributed by atoms with Gasteiger partial charge in [0.15, 0.2) is 0 Å². The van der Waals surface area contributed by atoms with E-state index in [0.717, 1.165) is 11.8 Å². The van der Waals surface area contributed by atoms with Gasteiger partial charge < -0.3 is 11.0 Å². The van der Waals surface area contributed by atoms with E-state index in [1.165, 1.54) is 10.6 Å². The van der Waals surface area contributed by atoms with Gasteiger partial charge >= 0.3 is 82.7 Å². The Hall–Kier alpha value is 0.985. The summed E-state index contributed by atoms with van der Waals surface area (Å²) in [6, 6.07) is 0. The second kappa shape index (κ2) is 17.9. The van der Waals surface area contributed by atoms with E-state index in [0.29, 0.717) is 0 Å². The zero-order valence-corrected chi connectivity index (χ0v) is 10.8. The van der Waals surface area contributed by atoms with Gasteiger partial charge in [0.2, 0.25) is 0 Å². The van der Waals surface area contributed by atoms with Gasteiger partial charge in [-0.05, 0) is 0 Å². The molecule has 0 aromatic heterocycles. The fraction of sp³-hybridized carbons (Fsp3) is 1.00. The third-order valence-corrected chi connectivity index (χ3v) is 2.83. The maximum atomic E-state index is 2.69. The Morgan fingerprint density at radius 2 is 0.833 bits per heavy atom. The van der Waals surface area contributed by atoms with Crippen LogP contribution >= 0.6 is 0 Å². The summed E-state index contributed by atoms with van der Waals surface area (Å²) in [6.45, 7) is 8.81. The molecule has 0 radical (unpaired) electrons. The molecule has 0 fully saturated rings. The van der Waals surface area contributed by atoms with Gasteiger partial charge in [-0.2, -0.15) is 0 Å². The molecule has 0 spiro atoms. The Labute approximate surface area is 93.6 Å². The normalized spacial score (nSPS) is 8.17. The van der Waals surface area contributed by atoms with E-state index < -0.39 is 0 Å². The van der Waals surface area contributed by atoms with Crippen LogP contribution in [0.3, 0.4) is 0 Å². The zero-order chi connectivity index (χ0) is 8.57. The van der Waals surface area contributed by atoms with Gasteiger partial charge in [0, 0.05) is 0 Å². The van der Waals surface area contributed by atoms with Crippen LogP contribution in [0.5, 0.6) is 0 Å². The minimum Gasteiger partial charge on any atom is -2.00 e. The first-order chi connectivity index (χ1) is 4.54. The van der Waals surface area contributed by atoms with Crippen LogP contribution in [0, 0.1) is 11.8 Å². The third-order valence-electron chi connectivity index (χ3n) is 0.943. The van der Waals surface area contributed by atoms with E-state index in [4.69, 9.17) is 0 Å². The molecule has 0 N–H and O–H groups in total. The number of hydrogen-bond acceptors (Lipinski definition) is 0. The minimum atomic E-state index is 0. The smallest absolute Gasteiger partial charge is 2.00 e. The molecule has 4 heteroatoms. The van der Waals surface area contributed by atoms with Crippen molar-refractivity contribution < 1.29 is 11.0 Å². The Morgan fingerprint density at radius 1 is 0.750 bits per heavy atom. The summed E-state index contributed by atoms with van der Waals surface area (Å²) in [6.07, 6.45) is 0. The topological polar surface area (TPSA) is 57.0 Å². The first-order valence-corrected chi connectivity index (χ1v) is 5.58. The van der Waals surface area contributed by atoms with E-state index >= 15 is 0 Å². The molecule has 0 aromatic rings. The molecule has 0 aliphatic carbocycles. The Kier molecular flexibility index (Phi) is 34.5. The van der Waals surface area contributed by atoms with Crippen LogP contribution in [0.2, 0.25) is 10.6 Å². The minimum absolute atomic E-state index is 0. The van der Waals surface area contributed by atoms with E-state index in [2.05, 4.69) is 60.3 Å². The van der Waals surface area contributed by atoms with Crippen molar-refractivity contribution in [2.45, 2.75) is 38.3 Å². The van der Waals surface area contributed by atoms with Crippen LogP contribution < -0.4 is 0 Å². The molecule has 0 unspecified atom stereocenters. The van der Waals surface area contributed by atoms with Crippen LogP contribution in [0.4, 0.5) is 0 Å². The van der Waals surface area contributed by atoms with Crippen molar-refractivity contribution in [3.05, 3.63) is 0 Å². The van der Waals surface area contributed by atoms with Crippen LogP contribution in [0.1, 0.15) is 27.7 Å². The molecule has 0 rings (SSSR count). The summed E-state index contributed by atoms with van der Waals surface area (Å²) in [7, 11) is 0. The fourth-order valence-electron chi connectivity index (χ4n) is 0. The predicted octanol–water partition coefficient (Wildman–Crippen LogP) is 2.22. The van der Waals surface area contributed by atoms with E-state index in [1.54, 1.807) is 0 Å². The largest absolute Gasteiger partial charge is 2.00 e. The van der Waals surface area contributed by atoms with Gasteiger partial charge in [0.25, 0.3) is 0 Å². The van der Waals surface area contributed by atoms with Gasteiger partial charge in [-0.15, -0.1) is 0 Å². The second-order valence-corrected chi connectivity index (χ2v) is 4.20. The molecule has 0 atom stereocenters. The Morgan fingerprint density at radius 3 is 0.833 bits per heavy atom. The van der Waals surface area contributed by atoms with Crippen molar-refractivity contribution in [3.8, 4) is 0 Å². The molecule has 0 aromatic carbocycles. The molecule has 0 saturated carbocycles. The van der Waals surface area contributed by atoms with Crippen LogP contribution in [-0.2, 0) is 11.0 Å². The van der Waals surface area contributed by atoms with Gasteiger partial charge in [-0.3, -0.25) is 0 Å². The van der Waals surface area contributed by atoms with Crippen molar-refractivity contribution in [3.63, 3.8) is 0 Å². The van der Waals surface area contributed by atoms with Crippen molar-refractivity contribution in [2.75, 3.05) is 0 Å². The second-order valence-electron chi connectivity index (χ2n) is 3.26. The van der Waals surface area contributed by atoms with Crippen molar-refractivity contribution in [1.82, 2.24) is 0 Å². The monoisotopic (exact) mass is 200 g/mol. The van der Waals surface area contributed by atoms with Gasteiger partial charge in [-0.25, -0.2) is 0 Å². The number of rotatable bonds is 2. The summed E-state index contributed by atoms with van der Waals surface area (Å²) in [5, 5.41) is 2.44. The maximum absolute atomic E-state index is 2.69. The molecule has 12 heavy (non-hydrogen) atoms. The van der Waals surface area contributed by atoms with E-state index in [9.17, 15) is 0 Å². The molecule has 0 amide bonds. The summed E-state index contributed by atoms with van der Waals surface area (Å²) in [4.78, 5) is 0. The summed E-state index contributed by atoms with van der Waals surface area (Å²) in [5.41, 5.74) is 0. The fourth-order valence-corrected chi connectivity index (χ4v) is 0. The molecular weight excluding hydrogens is 182 g/mol. The average molecular weight is 200 g/mol. The molecule has 68 valence electrons. The molecule has 0 heterocycles. The summed E-state index contributed by atoms with van der Waals surface area (Å²) >= 11 is 5.39. The van der Waals surface area contributed by atoms with E-state index in [-0.39, 0.29) is 11.0 Å². The SMILES string of the molecule is CC(C)[CH2][Al+2].CC(C)[CH2][Al+2].[O-2].[O-2]. The third kappa shape index (κ3) is 44.1. The van der Waals surface area contributed by atoms with Gasteiger partial charge in [0.1, 0.15) is 0 Å².